The normalized spacial score (nSPS) is 14.9. The molecule has 2 N–H and O–H groups in total. The minimum atomic E-state index is -3.86. The molecular weight excluding hydrogens is 294 g/mol. The molecule has 0 radical (unpaired) electrons. The molecule has 112 valence electrons. The van der Waals surface area contributed by atoms with Crippen LogP contribution in [0, 0.1) is 28.4 Å². The Hall–Kier alpha value is -2.11. The van der Waals surface area contributed by atoms with Crippen molar-refractivity contribution in [2.75, 3.05) is 18.8 Å². The van der Waals surface area contributed by atoms with Crippen LogP contribution in [0.3, 0.4) is 0 Å². The van der Waals surface area contributed by atoms with Gasteiger partial charge < -0.3 is 5.73 Å². The SMILES string of the molecule is C#CCN(CC1CC1)S(=O)(=O)c1ccc(N)c([N+](=O)[O-])c1. The molecule has 0 heterocycles. The van der Waals surface area contributed by atoms with Crippen LogP contribution in [0.5, 0.6) is 0 Å². The lowest BCUT2D eigenvalue weighted by Gasteiger charge is -2.19. The standard InChI is InChI=1S/C13H15N3O4S/c1-2-7-15(9-10-3-4-10)21(19,20)11-5-6-12(14)13(8-11)16(17)18/h1,5-6,8,10H,3-4,7,9,14H2. The first kappa shape index (κ1) is 15.3. The zero-order valence-electron chi connectivity index (χ0n) is 11.2. The molecule has 0 aliphatic heterocycles. The number of hydrogen-bond donors (Lipinski definition) is 1. The summed E-state index contributed by atoms with van der Waals surface area (Å²) in [6.45, 7) is 0.279. The maximum absolute atomic E-state index is 12.5. The average molecular weight is 309 g/mol. The Morgan fingerprint density at radius 1 is 1.48 bits per heavy atom. The van der Waals surface area contributed by atoms with Gasteiger partial charge in [-0.25, -0.2) is 8.42 Å². The van der Waals surface area contributed by atoms with Gasteiger partial charge in [-0.05, 0) is 30.9 Å². The zero-order chi connectivity index (χ0) is 15.6. The van der Waals surface area contributed by atoms with E-state index in [4.69, 9.17) is 12.2 Å². The van der Waals surface area contributed by atoms with Crippen LogP contribution in [0.4, 0.5) is 11.4 Å². The van der Waals surface area contributed by atoms with Gasteiger partial charge in [0.15, 0.2) is 0 Å². The summed E-state index contributed by atoms with van der Waals surface area (Å²) < 4.78 is 26.3. The Bertz CT molecular complexity index is 705. The molecule has 2 rings (SSSR count). The predicted octanol–water partition coefficient (Wildman–Crippen LogP) is 1.21. The number of benzene rings is 1. The van der Waals surface area contributed by atoms with Gasteiger partial charge in [-0.2, -0.15) is 4.31 Å². The summed E-state index contributed by atoms with van der Waals surface area (Å²) in [7, 11) is -3.86. The van der Waals surface area contributed by atoms with Crippen LogP contribution >= 0.6 is 0 Å². The van der Waals surface area contributed by atoms with Crippen LogP contribution in [0.1, 0.15) is 12.8 Å². The van der Waals surface area contributed by atoms with E-state index in [-0.39, 0.29) is 17.1 Å². The van der Waals surface area contributed by atoms with E-state index >= 15 is 0 Å². The Morgan fingerprint density at radius 2 is 2.14 bits per heavy atom. The topological polar surface area (TPSA) is 107 Å². The Balaban J connectivity index is 2.39. The van der Waals surface area contributed by atoms with Crippen molar-refractivity contribution >= 4 is 21.4 Å². The van der Waals surface area contributed by atoms with E-state index in [1.807, 2.05) is 0 Å². The largest absolute Gasteiger partial charge is 0.393 e. The van der Waals surface area contributed by atoms with Crippen molar-refractivity contribution in [3.63, 3.8) is 0 Å². The minimum absolute atomic E-state index is 0.0585. The number of hydrogen-bond acceptors (Lipinski definition) is 5. The number of nitrogens with two attached hydrogens (primary N) is 1. The van der Waals surface area contributed by atoms with E-state index < -0.39 is 20.6 Å². The second-order valence-corrected chi connectivity index (χ2v) is 6.86. The molecule has 1 fully saturated rings. The van der Waals surface area contributed by atoms with E-state index in [1.54, 1.807) is 0 Å². The van der Waals surface area contributed by atoms with E-state index in [1.165, 1.54) is 16.4 Å². The lowest BCUT2D eigenvalue weighted by Crippen LogP contribution is -2.33. The van der Waals surface area contributed by atoms with Crippen molar-refractivity contribution in [2.24, 2.45) is 5.92 Å². The third-order valence-corrected chi connectivity index (χ3v) is 5.07. The first-order valence-electron chi connectivity index (χ1n) is 6.33. The monoisotopic (exact) mass is 309 g/mol. The highest BCUT2D eigenvalue weighted by Gasteiger charge is 2.32. The summed E-state index contributed by atoms with van der Waals surface area (Å²) in [6.07, 6.45) is 7.16. The van der Waals surface area contributed by atoms with E-state index in [0.29, 0.717) is 12.5 Å². The van der Waals surface area contributed by atoms with E-state index in [0.717, 1.165) is 18.9 Å². The number of rotatable bonds is 6. The van der Waals surface area contributed by atoms with Crippen LogP contribution in [0.15, 0.2) is 23.1 Å². The molecule has 1 saturated carbocycles. The molecule has 1 aromatic carbocycles. The fourth-order valence-electron chi connectivity index (χ4n) is 1.93. The molecule has 7 nitrogen and oxygen atoms in total. The molecule has 0 amide bonds. The maximum Gasteiger partial charge on any atom is 0.293 e. The van der Waals surface area contributed by atoms with Crippen molar-refractivity contribution < 1.29 is 13.3 Å². The predicted molar refractivity (Wildman–Crippen MR) is 77.8 cm³/mol. The van der Waals surface area contributed by atoms with Crippen molar-refractivity contribution in [2.45, 2.75) is 17.7 Å². The van der Waals surface area contributed by atoms with Gasteiger partial charge in [-0.1, -0.05) is 5.92 Å². The van der Waals surface area contributed by atoms with Gasteiger partial charge in [0.05, 0.1) is 16.4 Å². The van der Waals surface area contributed by atoms with Crippen molar-refractivity contribution in [1.82, 2.24) is 4.31 Å². The molecule has 8 heteroatoms. The Morgan fingerprint density at radius 3 is 2.67 bits per heavy atom. The molecule has 21 heavy (non-hydrogen) atoms. The number of nitro benzene ring substituents is 1. The highest BCUT2D eigenvalue weighted by molar-refractivity contribution is 7.89. The van der Waals surface area contributed by atoms with Crippen molar-refractivity contribution in [3.8, 4) is 12.3 Å². The summed E-state index contributed by atoms with van der Waals surface area (Å²) in [5.74, 6) is 2.63. The van der Waals surface area contributed by atoms with E-state index in [2.05, 4.69) is 5.92 Å². The molecular formula is C13H15N3O4S. The van der Waals surface area contributed by atoms with E-state index in [9.17, 15) is 18.5 Å². The van der Waals surface area contributed by atoms with Gasteiger partial charge >= 0.3 is 0 Å². The molecule has 0 atom stereocenters. The number of anilines is 1. The fraction of sp³-hybridized carbons (Fsp3) is 0.385. The second kappa shape index (κ2) is 5.71. The first-order valence-corrected chi connectivity index (χ1v) is 7.77. The lowest BCUT2D eigenvalue weighted by molar-refractivity contribution is -0.384. The van der Waals surface area contributed by atoms with Gasteiger partial charge in [0.1, 0.15) is 5.69 Å². The second-order valence-electron chi connectivity index (χ2n) is 4.92. The molecule has 1 aliphatic rings. The number of nitro groups is 1. The molecule has 0 spiro atoms. The number of nitrogens with zero attached hydrogens (tertiary/aromatic N) is 2. The molecule has 0 aromatic heterocycles. The molecule has 1 aromatic rings. The Kier molecular flexibility index (Phi) is 4.16. The third-order valence-electron chi connectivity index (χ3n) is 3.26. The summed E-state index contributed by atoms with van der Waals surface area (Å²) in [6, 6.07) is 3.45. The molecule has 0 unspecified atom stereocenters. The Labute approximate surface area is 122 Å². The van der Waals surface area contributed by atoms with Crippen molar-refractivity contribution in [1.29, 1.82) is 0 Å². The highest BCUT2D eigenvalue weighted by Crippen LogP contribution is 2.32. The summed E-state index contributed by atoms with van der Waals surface area (Å²) >= 11 is 0. The smallest absolute Gasteiger partial charge is 0.293 e. The summed E-state index contributed by atoms with van der Waals surface area (Å²) in [5.41, 5.74) is 4.97. The van der Waals surface area contributed by atoms with Crippen LogP contribution < -0.4 is 5.73 Å². The van der Waals surface area contributed by atoms with Gasteiger partial charge in [0.25, 0.3) is 5.69 Å². The van der Waals surface area contributed by atoms with Gasteiger partial charge in [0, 0.05) is 12.6 Å². The number of nitrogen functional groups attached to an aromatic ring is 1. The van der Waals surface area contributed by atoms with Crippen LogP contribution in [-0.2, 0) is 10.0 Å². The first-order chi connectivity index (χ1) is 9.86. The van der Waals surface area contributed by atoms with Gasteiger partial charge in [0.2, 0.25) is 10.0 Å². The zero-order valence-corrected chi connectivity index (χ0v) is 12.0. The van der Waals surface area contributed by atoms with Gasteiger partial charge in [-0.15, -0.1) is 6.42 Å². The molecule has 1 aliphatic carbocycles. The molecule has 0 bridgehead atoms. The van der Waals surface area contributed by atoms with Gasteiger partial charge in [-0.3, -0.25) is 10.1 Å². The van der Waals surface area contributed by atoms with Crippen molar-refractivity contribution in [3.05, 3.63) is 28.3 Å². The maximum atomic E-state index is 12.5. The molecule has 0 saturated heterocycles. The quantitative estimate of drug-likeness (QED) is 0.368. The number of sulfonamides is 1. The lowest BCUT2D eigenvalue weighted by atomic mass is 10.3. The number of terminal acetylenes is 1. The minimum Gasteiger partial charge on any atom is -0.393 e. The summed E-state index contributed by atoms with van der Waals surface area (Å²) in [4.78, 5) is 9.99. The third kappa shape index (κ3) is 3.32. The van der Waals surface area contributed by atoms with Crippen LogP contribution in [0.2, 0.25) is 0 Å². The van der Waals surface area contributed by atoms with Crippen LogP contribution in [-0.4, -0.2) is 30.7 Å². The fourth-order valence-corrected chi connectivity index (χ4v) is 3.38. The highest BCUT2D eigenvalue weighted by atomic mass is 32.2. The summed E-state index contributed by atoms with van der Waals surface area (Å²) in [5, 5.41) is 10.9. The van der Waals surface area contributed by atoms with Crippen LogP contribution in [0.25, 0.3) is 0 Å². The average Bonchev–Trinajstić information content (AvgIpc) is 3.22.